The number of nitrogens with zero attached hydrogens (tertiary/aromatic N) is 1. The van der Waals surface area contributed by atoms with Crippen molar-refractivity contribution in [1.29, 1.82) is 0 Å². The van der Waals surface area contributed by atoms with Crippen LogP contribution < -0.4 is 0 Å². The Labute approximate surface area is 120 Å². The van der Waals surface area contributed by atoms with Crippen molar-refractivity contribution in [1.82, 2.24) is 4.90 Å². The molecular formula is C16H23NO3. The van der Waals surface area contributed by atoms with Crippen molar-refractivity contribution >= 4 is 6.09 Å². The third-order valence-corrected chi connectivity index (χ3v) is 3.49. The Morgan fingerprint density at radius 3 is 2.45 bits per heavy atom. The second-order valence-corrected chi connectivity index (χ2v) is 6.44. The van der Waals surface area contributed by atoms with Gasteiger partial charge in [0.2, 0.25) is 0 Å². The molecule has 1 amide bonds. The largest absolute Gasteiger partial charge is 0.444 e. The summed E-state index contributed by atoms with van der Waals surface area (Å²) in [6.07, 6.45) is -0.674. The van der Waals surface area contributed by atoms with E-state index in [-0.39, 0.29) is 12.0 Å². The number of aliphatic hydroxyl groups is 1. The summed E-state index contributed by atoms with van der Waals surface area (Å²) in [5, 5.41) is 10.2. The number of aliphatic hydroxyl groups excluding tert-OH is 1. The van der Waals surface area contributed by atoms with Gasteiger partial charge < -0.3 is 9.84 Å². The highest BCUT2D eigenvalue weighted by molar-refractivity contribution is 5.69. The minimum absolute atomic E-state index is 0.138. The van der Waals surface area contributed by atoms with Crippen molar-refractivity contribution < 1.29 is 14.6 Å². The zero-order valence-corrected chi connectivity index (χ0v) is 12.5. The molecule has 1 heterocycles. The molecule has 0 radical (unpaired) electrons. The Morgan fingerprint density at radius 1 is 1.30 bits per heavy atom. The fraction of sp³-hybridized carbons (Fsp3) is 0.562. The molecule has 3 unspecified atom stereocenters. The number of hydrogen-bond donors (Lipinski definition) is 1. The van der Waals surface area contributed by atoms with E-state index in [4.69, 9.17) is 4.74 Å². The van der Waals surface area contributed by atoms with Gasteiger partial charge in [-0.05, 0) is 38.7 Å². The Kier molecular flexibility index (Phi) is 4.04. The van der Waals surface area contributed by atoms with Crippen LogP contribution in [0.2, 0.25) is 0 Å². The number of rotatable bonds is 1. The van der Waals surface area contributed by atoms with Crippen molar-refractivity contribution in [2.24, 2.45) is 5.92 Å². The summed E-state index contributed by atoms with van der Waals surface area (Å²) in [5.74, 6) is 0.194. The van der Waals surface area contributed by atoms with Crippen molar-refractivity contribution in [3.05, 3.63) is 35.9 Å². The first-order valence-corrected chi connectivity index (χ1v) is 7.04. The molecule has 110 valence electrons. The first-order valence-electron chi connectivity index (χ1n) is 7.04. The SMILES string of the molecule is CC1CC(O)N(C(=O)OC(C)(C)C)C1c1ccccc1. The van der Waals surface area contributed by atoms with E-state index in [0.29, 0.717) is 6.42 Å². The van der Waals surface area contributed by atoms with Crippen molar-refractivity contribution in [3.63, 3.8) is 0 Å². The van der Waals surface area contributed by atoms with E-state index in [2.05, 4.69) is 0 Å². The van der Waals surface area contributed by atoms with E-state index in [0.717, 1.165) is 5.56 Å². The first-order chi connectivity index (χ1) is 9.29. The maximum Gasteiger partial charge on any atom is 0.412 e. The van der Waals surface area contributed by atoms with E-state index < -0.39 is 17.9 Å². The number of hydrogen-bond acceptors (Lipinski definition) is 3. The second-order valence-electron chi connectivity index (χ2n) is 6.44. The minimum atomic E-state index is -0.787. The van der Waals surface area contributed by atoms with Crippen LogP contribution in [-0.2, 0) is 4.74 Å². The maximum absolute atomic E-state index is 12.3. The predicted molar refractivity (Wildman–Crippen MR) is 77.0 cm³/mol. The number of likely N-dealkylation sites (tertiary alicyclic amines) is 1. The fourth-order valence-corrected chi connectivity index (χ4v) is 2.72. The molecule has 1 saturated heterocycles. The van der Waals surface area contributed by atoms with Crippen molar-refractivity contribution in [3.8, 4) is 0 Å². The quantitative estimate of drug-likeness (QED) is 0.856. The molecule has 2 rings (SSSR count). The monoisotopic (exact) mass is 277 g/mol. The van der Waals surface area contributed by atoms with E-state index in [9.17, 15) is 9.90 Å². The van der Waals surface area contributed by atoms with Gasteiger partial charge in [-0.25, -0.2) is 4.79 Å². The number of carbonyl (C=O) groups excluding carboxylic acids is 1. The van der Waals surface area contributed by atoms with E-state index in [1.807, 2.05) is 58.0 Å². The van der Waals surface area contributed by atoms with E-state index in [1.54, 1.807) is 0 Å². The van der Waals surface area contributed by atoms with Gasteiger partial charge in [-0.15, -0.1) is 0 Å². The molecule has 0 aromatic heterocycles. The van der Waals surface area contributed by atoms with Crippen LogP contribution in [-0.4, -0.2) is 27.9 Å². The highest BCUT2D eigenvalue weighted by Gasteiger charge is 2.43. The van der Waals surface area contributed by atoms with Gasteiger partial charge in [-0.3, -0.25) is 4.90 Å². The first kappa shape index (κ1) is 14.9. The van der Waals surface area contributed by atoms with E-state index in [1.165, 1.54) is 4.90 Å². The van der Waals surface area contributed by atoms with Gasteiger partial charge in [0, 0.05) is 0 Å². The van der Waals surface area contributed by atoms with Crippen molar-refractivity contribution in [2.45, 2.75) is 52.0 Å². The summed E-state index contributed by atoms with van der Waals surface area (Å²) in [6.45, 7) is 7.53. The van der Waals surface area contributed by atoms with Crippen LogP contribution in [0.5, 0.6) is 0 Å². The topological polar surface area (TPSA) is 49.8 Å². The van der Waals surface area contributed by atoms with Crippen LogP contribution in [0.15, 0.2) is 30.3 Å². The zero-order valence-electron chi connectivity index (χ0n) is 12.5. The Balaban J connectivity index is 2.27. The molecule has 1 fully saturated rings. The van der Waals surface area contributed by atoms with Gasteiger partial charge >= 0.3 is 6.09 Å². The van der Waals surface area contributed by atoms with Crippen LogP contribution in [0.1, 0.15) is 45.7 Å². The highest BCUT2D eigenvalue weighted by Crippen LogP contribution is 2.40. The summed E-state index contributed by atoms with van der Waals surface area (Å²) >= 11 is 0. The standard InChI is InChI=1S/C16H23NO3/c1-11-10-13(18)17(15(19)20-16(2,3)4)14(11)12-8-6-5-7-9-12/h5-9,11,13-14,18H,10H2,1-4H3. The fourth-order valence-electron chi connectivity index (χ4n) is 2.72. The molecular weight excluding hydrogens is 254 g/mol. The Bertz CT molecular complexity index is 466. The second kappa shape index (κ2) is 5.44. The lowest BCUT2D eigenvalue weighted by Gasteiger charge is -2.31. The third kappa shape index (κ3) is 3.12. The average molecular weight is 277 g/mol. The lowest BCUT2D eigenvalue weighted by Crippen LogP contribution is -2.41. The molecule has 0 saturated carbocycles. The smallest absolute Gasteiger partial charge is 0.412 e. The Hall–Kier alpha value is -1.55. The molecule has 1 aliphatic heterocycles. The highest BCUT2D eigenvalue weighted by atomic mass is 16.6. The normalized spacial score (nSPS) is 26.6. The summed E-state index contributed by atoms with van der Waals surface area (Å²) < 4.78 is 5.42. The van der Waals surface area contributed by atoms with Crippen molar-refractivity contribution in [2.75, 3.05) is 0 Å². The molecule has 1 aromatic rings. The zero-order chi connectivity index (χ0) is 14.9. The molecule has 0 bridgehead atoms. The van der Waals surface area contributed by atoms with E-state index >= 15 is 0 Å². The van der Waals surface area contributed by atoms with Gasteiger partial charge in [0.15, 0.2) is 0 Å². The van der Waals surface area contributed by atoms with Gasteiger partial charge in [-0.2, -0.15) is 0 Å². The van der Waals surface area contributed by atoms with Gasteiger partial charge in [-0.1, -0.05) is 37.3 Å². The van der Waals surface area contributed by atoms with Gasteiger partial charge in [0.05, 0.1) is 6.04 Å². The molecule has 20 heavy (non-hydrogen) atoms. The predicted octanol–water partition coefficient (Wildman–Crippen LogP) is 3.32. The summed E-state index contributed by atoms with van der Waals surface area (Å²) in [5.41, 5.74) is 0.464. The van der Waals surface area contributed by atoms with Crippen LogP contribution in [0.3, 0.4) is 0 Å². The molecule has 1 aliphatic rings. The van der Waals surface area contributed by atoms with Crippen LogP contribution in [0.4, 0.5) is 4.79 Å². The van der Waals surface area contributed by atoms with Gasteiger partial charge in [0.25, 0.3) is 0 Å². The third-order valence-electron chi connectivity index (χ3n) is 3.49. The number of ether oxygens (including phenoxy) is 1. The Morgan fingerprint density at radius 2 is 1.90 bits per heavy atom. The molecule has 3 atom stereocenters. The van der Waals surface area contributed by atoms with Crippen LogP contribution >= 0.6 is 0 Å². The maximum atomic E-state index is 12.3. The average Bonchev–Trinajstić information content (AvgIpc) is 2.63. The molecule has 0 spiro atoms. The summed E-state index contributed by atoms with van der Waals surface area (Å²) in [7, 11) is 0. The molecule has 1 aromatic carbocycles. The summed E-state index contributed by atoms with van der Waals surface area (Å²) in [6, 6.07) is 9.66. The lowest BCUT2D eigenvalue weighted by atomic mass is 9.95. The molecule has 1 N–H and O–H groups in total. The van der Waals surface area contributed by atoms with Crippen LogP contribution in [0, 0.1) is 5.92 Å². The number of carbonyl (C=O) groups is 1. The molecule has 4 nitrogen and oxygen atoms in total. The number of amides is 1. The van der Waals surface area contributed by atoms with Gasteiger partial charge in [0.1, 0.15) is 11.8 Å². The van der Waals surface area contributed by atoms with Crippen LogP contribution in [0.25, 0.3) is 0 Å². The lowest BCUT2D eigenvalue weighted by molar-refractivity contribution is -0.0251. The molecule has 0 aliphatic carbocycles. The minimum Gasteiger partial charge on any atom is -0.444 e. The molecule has 4 heteroatoms. The number of benzene rings is 1. The summed E-state index contributed by atoms with van der Waals surface area (Å²) in [4.78, 5) is 13.8.